The van der Waals surface area contributed by atoms with Crippen LogP contribution >= 0.6 is 11.6 Å². The van der Waals surface area contributed by atoms with Crippen molar-refractivity contribution >= 4 is 11.6 Å². The summed E-state index contributed by atoms with van der Waals surface area (Å²) in [5.74, 6) is 0.847. The molecule has 0 spiro atoms. The molecular formula is C10H14ClN5. The topological polar surface area (TPSA) is 61.7 Å². The fourth-order valence-electron chi connectivity index (χ4n) is 1.70. The minimum absolute atomic E-state index is 0.421. The maximum absolute atomic E-state index is 6.16. The van der Waals surface area contributed by atoms with E-state index in [1.54, 1.807) is 10.9 Å². The number of halogens is 1. The molecule has 16 heavy (non-hydrogen) atoms. The van der Waals surface area contributed by atoms with Crippen LogP contribution in [-0.2, 0) is 20.1 Å². The lowest BCUT2D eigenvalue weighted by Gasteiger charge is -2.05. The third-order valence-electron chi connectivity index (χ3n) is 2.58. The fraction of sp³-hybridized carbons (Fsp3) is 0.400. The highest BCUT2D eigenvalue weighted by Crippen LogP contribution is 2.20. The van der Waals surface area contributed by atoms with Crippen LogP contribution in [0.4, 0.5) is 0 Å². The van der Waals surface area contributed by atoms with Gasteiger partial charge in [-0.3, -0.25) is 4.68 Å². The summed E-state index contributed by atoms with van der Waals surface area (Å²) in [4.78, 5) is 4.16. The summed E-state index contributed by atoms with van der Waals surface area (Å²) in [5, 5.41) is 4.93. The number of hydrogen-bond acceptors (Lipinski definition) is 3. The van der Waals surface area contributed by atoms with Crippen molar-refractivity contribution in [2.24, 2.45) is 12.8 Å². The lowest BCUT2D eigenvalue weighted by molar-refractivity contribution is 0.720. The van der Waals surface area contributed by atoms with Gasteiger partial charge in [0.1, 0.15) is 11.0 Å². The molecule has 0 bridgehead atoms. The van der Waals surface area contributed by atoms with Gasteiger partial charge in [-0.25, -0.2) is 4.98 Å². The first-order chi connectivity index (χ1) is 7.63. The number of aryl methyl sites for hydroxylation is 2. The average molecular weight is 240 g/mol. The van der Waals surface area contributed by atoms with Gasteiger partial charge in [-0.1, -0.05) is 11.6 Å². The first kappa shape index (κ1) is 11.2. The van der Waals surface area contributed by atoms with Gasteiger partial charge in [0.15, 0.2) is 0 Å². The van der Waals surface area contributed by atoms with Gasteiger partial charge in [0.2, 0.25) is 0 Å². The van der Waals surface area contributed by atoms with Gasteiger partial charge in [-0.05, 0) is 6.92 Å². The molecule has 0 amide bonds. The number of aromatic nitrogens is 4. The van der Waals surface area contributed by atoms with E-state index < -0.39 is 0 Å². The molecule has 2 aromatic heterocycles. The molecule has 6 heteroatoms. The zero-order valence-corrected chi connectivity index (χ0v) is 10.1. The van der Waals surface area contributed by atoms with Crippen molar-refractivity contribution in [2.45, 2.75) is 20.0 Å². The first-order valence-electron chi connectivity index (χ1n) is 5.01. The molecule has 0 aromatic carbocycles. The molecule has 2 aromatic rings. The maximum Gasteiger partial charge on any atom is 0.131 e. The van der Waals surface area contributed by atoms with Gasteiger partial charge in [-0.2, -0.15) is 5.10 Å². The summed E-state index contributed by atoms with van der Waals surface area (Å²) in [6.07, 6.45) is 3.63. The van der Waals surface area contributed by atoms with Gasteiger partial charge in [-0.15, -0.1) is 0 Å². The monoisotopic (exact) mass is 239 g/mol. The van der Waals surface area contributed by atoms with Gasteiger partial charge in [0, 0.05) is 25.0 Å². The largest absolute Gasteiger partial charge is 0.329 e. The molecular weight excluding hydrogens is 226 g/mol. The standard InChI is InChI=1S/C10H14ClN5/c1-7-8(10(11)15(2)14-7)6-16-4-3-13-9(16)5-12/h3-4H,5-6,12H2,1-2H3. The van der Waals surface area contributed by atoms with E-state index >= 15 is 0 Å². The Bertz CT molecular complexity index is 499. The summed E-state index contributed by atoms with van der Waals surface area (Å²) >= 11 is 6.16. The van der Waals surface area contributed by atoms with Crippen molar-refractivity contribution in [1.82, 2.24) is 19.3 Å². The molecule has 0 fully saturated rings. The van der Waals surface area contributed by atoms with E-state index in [2.05, 4.69) is 10.1 Å². The normalized spacial score (nSPS) is 11.0. The summed E-state index contributed by atoms with van der Waals surface area (Å²) in [5.41, 5.74) is 7.54. The molecule has 0 unspecified atom stereocenters. The van der Waals surface area contributed by atoms with Crippen LogP contribution in [0, 0.1) is 6.92 Å². The lowest BCUT2D eigenvalue weighted by Crippen LogP contribution is -2.09. The van der Waals surface area contributed by atoms with E-state index in [4.69, 9.17) is 17.3 Å². The van der Waals surface area contributed by atoms with Crippen molar-refractivity contribution in [1.29, 1.82) is 0 Å². The Labute approximate surface area is 98.8 Å². The molecule has 0 aliphatic heterocycles. The second-order valence-corrected chi connectivity index (χ2v) is 4.01. The number of nitrogens with two attached hydrogens (primary N) is 1. The van der Waals surface area contributed by atoms with Crippen molar-refractivity contribution in [3.63, 3.8) is 0 Å². The highest BCUT2D eigenvalue weighted by molar-refractivity contribution is 6.30. The molecule has 0 radical (unpaired) electrons. The van der Waals surface area contributed by atoms with Gasteiger partial charge in [0.05, 0.1) is 18.8 Å². The van der Waals surface area contributed by atoms with E-state index in [0.717, 1.165) is 17.1 Å². The average Bonchev–Trinajstić information content (AvgIpc) is 2.79. The Morgan fingerprint density at radius 1 is 1.50 bits per heavy atom. The summed E-state index contributed by atoms with van der Waals surface area (Å²) < 4.78 is 3.65. The van der Waals surface area contributed by atoms with Crippen molar-refractivity contribution in [2.75, 3.05) is 0 Å². The van der Waals surface area contributed by atoms with Gasteiger partial charge in [0.25, 0.3) is 0 Å². The van der Waals surface area contributed by atoms with Crippen molar-refractivity contribution in [3.05, 3.63) is 34.6 Å². The quantitative estimate of drug-likeness (QED) is 0.872. The Morgan fingerprint density at radius 2 is 2.25 bits per heavy atom. The van der Waals surface area contributed by atoms with Crippen LogP contribution in [0.2, 0.25) is 5.15 Å². The number of rotatable bonds is 3. The summed E-state index contributed by atoms with van der Waals surface area (Å²) in [7, 11) is 1.83. The summed E-state index contributed by atoms with van der Waals surface area (Å²) in [6.45, 7) is 3.02. The second kappa shape index (κ2) is 4.27. The maximum atomic E-state index is 6.16. The first-order valence-corrected chi connectivity index (χ1v) is 5.39. The van der Waals surface area contributed by atoms with Crippen LogP contribution in [0.15, 0.2) is 12.4 Å². The van der Waals surface area contributed by atoms with Crippen LogP contribution in [0.3, 0.4) is 0 Å². The predicted octanol–water partition coefficient (Wildman–Crippen LogP) is 1.09. The highest BCUT2D eigenvalue weighted by Gasteiger charge is 2.12. The second-order valence-electron chi connectivity index (χ2n) is 3.65. The Kier molecular flexibility index (Phi) is 2.98. The van der Waals surface area contributed by atoms with E-state index in [9.17, 15) is 0 Å². The molecule has 0 saturated heterocycles. The minimum atomic E-state index is 0.421. The molecule has 0 atom stereocenters. The Morgan fingerprint density at radius 3 is 2.81 bits per heavy atom. The minimum Gasteiger partial charge on any atom is -0.329 e. The molecule has 2 N–H and O–H groups in total. The molecule has 0 aliphatic carbocycles. The number of nitrogens with zero attached hydrogens (tertiary/aromatic N) is 4. The molecule has 0 aliphatic rings. The zero-order chi connectivity index (χ0) is 11.7. The van der Waals surface area contributed by atoms with Crippen molar-refractivity contribution in [3.8, 4) is 0 Å². The van der Waals surface area contributed by atoms with Gasteiger partial charge >= 0.3 is 0 Å². The highest BCUT2D eigenvalue weighted by atomic mass is 35.5. The third-order valence-corrected chi connectivity index (χ3v) is 3.06. The molecule has 86 valence electrons. The Balaban J connectivity index is 2.34. The Hall–Kier alpha value is -1.33. The number of hydrogen-bond donors (Lipinski definition) is 1. The SMILES string of the molecule is Cc1nn(C)c(Cl)c1Cn1ccnc1CN. The van der Waals surface area contributed by atoms with Crippen LogP contribution in [0.25, 0.3) is 0 Å². The molecule has 2 heterocycles. The number of imidazole rings is 1. The third kappa shape index (κ3) is 1.83. The van der Waals surface area contributed by atoms with Crippen LogP contribution in [0.5, 0.6) is 0 Å². The predicted molar refractivity (Wildman–Crippen MR) is 62.2 cm³/mol. The van der Waals surface area contributed by atoms with E-state index in [1.165, 1.54) is 0 Å². The zero-order valence-electron chi connectivity index (χ0n) is 9.31. The molecule has 5 nitrogen and oxygen atoms in total. The smallest absolute Gasteiger partial charge is 0.131 e. The van der Waals surface area contributed by atoms with Crippen LogP contribution in [0.1, 0.15) is 17.1 Å². The summed E-state index contributed by atoms with van der Waals surface area (Å²) in [6, 6.07) is 0. The van der Waals surface area contributed by atoms with Gasteiger partial charge < -0.3 is 10.3 Å². The molecule has 0 saturated carbocycles. The van der Waals surface area contributed by atoms with E-state index in [-0.39, 0.29) is 0 Å². The van der Waals surface area contributed by atoms with Crippen molar-refractivity contribution < 1.29 is 0 Å². The molecule has 2 rings (SSSR count). The van der Waals surface area contributed by atoms with Crippen LogP contribution < -0.4 is 5.73 Å². The van der Waals surface area contributed by atoms with E-state index in [1.807, 2.05) is 24.7 Å². The van der Waals surface area contributed by atoms with Crippen LogP contribution in [-0.4, -0.2) is 19.3 Å². The fourth-order valence-corrected chi connectivity index (χ4v) is 1.93. The lowest BCUT2D eigenvalue weighted by atomic mass is 10.2. The van der Waals surface area contributed by atoms with E-state index in [0.29, 0.717) is 18.2 Å².